The molecule has 0 unspecified atom stereocenters. The molecule has 1 aliphatic rings. The van der Waals surface area contributed by atoms with Gasteiger partial charge in [-0.15, -0.1) is 0 Å². The average molecular weight is 287 g/mol. The van der Waals surface area contributed by atoms with Gasteiger partial charge < -0.3 is 9.52 Å². The Morgan fingerprint density at radius 3 is 2.63 bits per heavy atom. The smallest absolute Gasteiger partial charge is 0.273 e. The Bertz CT molecular complexity index is 488. The molecule has 1 saturated carbocycles. The second kappa shape index (κ2) is 6.54. The molecule has 6 heteroatoms. The summed E-state index contributed by atoms with van der Waals surface area (Å²) in [6, 6.07) is 2.84. The highest BCUT2D eigenvalue weighted by molar-refractivity contribution is 7.89. The summed E-state index contributed by atoms with van der Waals surface area (Å²) in [5.74, 6) is 0.897. The van der Waals surface area contributed by atoms with Gasteiger partial charge in [-0.1, -0.05) is 32.1 Å². The Labute approximate surface area is 114 Å². The van der Waals surface area contributed by atoms with Crippen molar-refractivity contribution >= 4 is 10.0 Å². The normalized spacial score (nSPS) is 17.7. The number of aliphatic hydroxyl groups excluding tert-OH is 1. The van der Waals surface area contributed by atoms with Crippen molar-refractivity contribution in [3.05, 3.63) is 17.9 Å². The number of furan rings is 1. The summed E-state index contributed by atoms with van der Waals surface area (Å²) in [6.07, 6.45) is 7.12. The minimum absolute atomic E-state index is 0.125. The maximum atomic E-state index is 11.9. The molecule has 0 spiro atoms. The first-order chi connectivity index (χ1) is 9.12. The first-order valence-corrected chi connectivity index (χ1v) is 8.29. The second-order valence-electron chi connectivity index (χ2n) is 5.07. The van der Waals surface area contributed by atoms with Crippen LogP contribution in [0.2, 0.25) is 0 Å². The summed E-state index contributed by atoms with van der Waals surface area (Å²) in [5, 5.41) is 8.73. The molecule has 0 radical (unpaired) electrons. The van der Waals surface area contributed by atoms with Crippen molar-refractivity contribution in [2.75, 3.05) is 6.54 Å². The maximum Gasteiger partial charge on any atom is 0.273 e. The minimum Gasteiger partial charge on any atom is -0.446 e. The fourth-order valence-corrected chi connectivity index (χ4v) is 3.52. The van der Waals surface area contributed by atoms with Gasteiger partial charge in [0.15, 0.2) is 0 Å². The molecule has 1 aromatic heterocycles. The standard InChI is InChI=1S/C13H21NO4S/c15-10-12-6-7-13(18-12)19(16,17)14-9-8-11-4-2-1-3-5-11/h6-7,11,14-15H,1-5,8-10H2. The molecule has 0 aromatic carbocycles. The number of rotatable bonds is 6. The van der Waals surface area contributed by atoms with E-state index in [0.717, 1.165) is 6.42 Å². The Hall–Kier alpha value is -0.850. The monoisotopic (exact) mass is 287 g/mol. The zero-order valence-electron chi connectivity index (χ0n) is 11.0. The van der Waals surface area contributed by atoms with Gasteiger partial charge in [-0.05, 0) is 24.5 Å². The van der Waals surface area contributed by atoms with E-state index in [1.165, 1.54) is 44.2 Å². The van der Waals surface area contributed by atoms with E-state index in [1.54, 1.807) is 0 Å². The van der Waals surface area contributed by atoms with E-state index in [0.29, 0.717) is 12.5 Å². The van der Waals surface area contributed by atoms with Crippen molar-refractivity contribution in [1.82, 2.24) is 4.72 Å². The Morgan fingerprint density at radius 2 is 2.00 bits per heavy atom. The van der Waals surface area contributed by atoms with Gasteiger partial charge in [-0.25, -0.2) is 13.1 Å². The summed E-state index contributed by atoms with van der Waals surface area (Å²) < 4.78 is 31.4. The van der Waals surface area contributed by atoms with Gasteiger partial charge in [0, 0.05) is 6.54 Å². The molecule has 1 heterocycles. The fourth-order valence-electron chi connectivity index (χ4n) is 2.53. The summed E-state index contributed by atoms with van der Waals surface area (Å²) in [7, 11) is -3.58. The van der Waals surface area contributed by atoms with Crippen molar-refractivity contribution in [2.45, 2.75) is 50.2 Å². The summed E-state index contributed by atoms with van der Waals surface area (Å²) in [6.45, 7) is 0.153. The largest absolute Gasteiger partial charge is 0.446 e. The van der Waals surface area contributed by atoms with E-state index in [4.69, 9.17) is 9.52 Å². The van der Waals surface area contributed by atoms with Crippen LogP contribution >= 0.6 is 0 Å². The van der Waals surface area contributed by atoms with E-state index in [9.17, 15) is 8.42 Å². The van der Waals surface area contributed by atoms with E-state index in [-0.39, 0.29) is 17.5 Å². The Morgan fingerprint density at radius 1 is 1.26 bits per heavy atom. The molecule has 0 amide bonds. The maximum absolute atomic E-state index is 11.9. The molecule has 0 aliphatic heterocycles. The summed E-state index contributed by atoms with van der Waals surface area (Å²) in [5.41, 5.74) is 0. The number of nitrogens with one attached hydrogen (secondary N) is 1. The SMILES string of the molecule is O=S(=O)(NCCC1CCCCC1)c1ccc(CO)o1. The second-order valence-corrected chi connectivity index (χ2v) is 6.77. The zero-order chi connectivity index (χ0) is 13.7. The molecule has 19 heavy (non-hydrogen) atoms. The lowest BCUT2D eigenvalue weighted by Gasteiger charge is -2.21. The van der Waals surface area contributed by atoms with Crippen molar-refractivity contribution in [3.63, 3.8) is 0 Å². The van der Waals surface area contributed by atoms with Gasteiger partial charge in [-0.3, -0.25) is 0 Å². The lowest BCUT2D eigenvalue weighted by atomic mass is 9.87. The number of hydrogen-bond donors (Lipinski definition) is 2. The predicted octanol–water partition coefficient (Wildman–Crippen LogP) is 2.02. The molecule has 108 valence electrons. The van der Waals surface area contributed by atoms with Crippen LogP contribution < -0.4 is 4.72 Å². The molecule has 2 rings (SSSR count). The van der Waals surface area contributed by atoms with E-state index in [1.807, 2.05) is 0 Å². The Balaban J connectivity index is 1.83. The van der Waals surface area contributed by atoms with Crippen LogP contribution in [-0.4, -0.2) is 20.1 Å². The van der Waals surface area contributed by atoms with Crippen LogP contribution in [0.4, 0.5) is 0 Å². The molecule has 0 bridgehead atoms. The van der Waals surface area contributed by atoms with Gasteiger partial charge in [0.2, 0.25) is 5.09 Å². The van der Waals surface area contributed by atoms with Crippen LogP contribution in [0.15, 0.2) is 21.6 Å². The molecule has 1 fully saturated rings. The van der Waals surface area contributed by atoms with E-state index in [2.05, 4.69) is 4.72 Å². The predicted molar refractivity (Wildman–Crippen MR) is 71.0 cm³/mol. The molecule has 5 nitrogen and oxygen atoms in total. The molecule has 0 atom stereocenters. The average Bonchev–Trinajstić information content (AvgIpc) is 2.89. The third-order valence-corrected chi connectivity index (χ3v) is 4.96. The molecular formula is C13H21NO4S. The molecule has 2 N–H and O–H groups in total. The van der Waals surface area contributed by atoms with Crippen LogP contribution in [0.25, 0.3) is 0 Å². The summed E-state index contributed by atoms with van der Waals surface area (Å²) in [4.78, 5) is 0. The number of hydrogen-bond acceptors (Lipinski definition) is 4. The zero-order valence-corrected chi connectivity index (χ0v) is 11.8. The van der Waals surface area contributed by atoms with E-state index < -0.39 is 10.0 Å². The van der Waals surface area contributed by atoms with Crippen LogP contribution in [0, 0.1) is 5.92 Å². The topological polar surface area (TPSA) is 79.5 Å². The van der Waals surface area contributed by atoms with Crippen LogP contribution in [0.3, 0.4) is 0 Å². The van der Waals surface area contributed by atoms with Crippen molar-refractivity contribution in [3.8, 4) is 0 Å². The van der Waals surface area contributed by atoms with Gasteiger partial charge in [-0.2, -0.15) is 0 Å². The quantitative estimate of drug-likeness (QED) is 0.839. The lowest BCUT2D eigenvalue weighted by molar-refractivity contribution is 0.236. The Kier molecular flexibility index (Phi) is 5.01. The van der Waals surface area contributed by atoms with E-state index >= 15 is 0 Å². The van der Waals surface area contributed by atoms with Crippen molar-refractivity contribution in [1.29, 1.82) is 0 Å². The summed E-state index contributed by atoms with van der Waals surface area (Å²) >= 11 is 0. The van der Waals surface area contributed by atoms with Crippen molar-refractivity contribution < 1.29 is 17.9 Å². The van der Waals surface area contributed by atoms with Crippen molar-refractivity contribution in [2.24, 2.45) is 5.92 Å². The van der Waals surface area contributed by atoms with Crippen LogP contribution in [0.5, 0.6) is 0 Å². The first-order valence-electron chi connectivity index (χ1n) is 6.81. The highest BCUT2D eigenvalue weighted by Crippen LogP contribution is 2.26. The first kappa shape index (κ1) is 14.6. The van der Waals surface area contributed by atoms with Gasteiger partial charge in [0.1, 0.15) is 12.4 Å². The highest BCUT2D eigenvalue weighted by atomic mass is 32.2. The van der Waals surface area contributed by atoms with Gasteiger partial charge >= 0.3 is 0 Å². The molecule has 1 aromatic rings. The fraction of sp³-hybridized carbons (Fsp3) is 0.692. The van der Waals surface area contributed by atoms with Gasteiger partial charge in [0.25, 0.3) is 10.0 Å². The molecular weight excluding hydrogens is 266 g/mol. The van der Waals surface area contributed by atoms with Gasteiger partial charge in [0.05, 0.1) is 0 Å². The third-order valence-electron chi connectivity index (χ3n) is 3.63. The molecule has 0 saturated heterocycles. The van der Waals surface area contributed by atoms with Crippen LogP contribution in [0.1, 0.15) is 44.3 Å². The highest BCUT2D eigenvalue weighted by Gasteiger charge is 2.19. The minimum atomic E-state index is -3.58. The number of aliphatic hydroxyl groups is 1. The van der Waals surface area contributed by atoms with Crippen LogP contribution in [-0.2, 0) is 16.6 Å². The number of sulfonamides is 1. The lowest BCUT2D eigenvalue weighted by Crippen LogP contribution is -2.26. The third kappa shape index (κ3) is 4.06. The molecule has 1 aliphatic carbocycles.